The number of anilines is 1. The fourth-order valence-electron chi connectivity index (χ4n) is 2.58. The lowest BCUT2D eigenvalue weighted by molar-refractivity contribution is 0.301. The first kappa shape index (κ1) is 19.2. The minimum Gasteiger partial charge on any atom is -0.492 e. The first-order chi connectivity index (χ1) is 11.8. The van der Waals surface area contributed by atoms with Crippen LogP contribution in [0, 0.1) is 6.92 Å². The summed E-state index contributed by atoms with van der Waals surface area (Å²) in [6.45, 7) is 8.64. The van der Waals surface area contributed by atoms with E-state index in [9.17, 15) is 8.42 Å². The highest BCUT2D eigenvalue weighted by Gasteiger charge is 2.22. The molecular weight excluding hydrogens is 336 g/mol. The molecule has 0 bridgehead atoms. The lowest BCUT2D eigenvalue weighted by Crippen LogP contribution is -2.16. The third-order valence-electron chi connectivity index (χ3n) is 3.93. The van der Waals surface area contributed by atoms with Crippen LogP contribution in [-0.4, -0.2) is 20.0 Å². The zero-order chi connectivity index (χ0) is 18.4. The summed E-state index contributed by atoms with van der Waals surface area (Å²) in [5.74, 6) is 0.622. The summed E-state index contributed by atoms with van der Waals surface area (Å²) in [6, 6.07) is 6.79. The Labute approximate surface area is 150 Å². The Hall–Kier alpha value is -2.08. The number of aryl methyl sites for hydroxylation is 1. The van der Waals surface area contributed by atoms with Gasteiger partial charge in [-0.2, -0.15) is 0 Å². The maximum absolute atomic E-state index is 12.9. The number of hydrogen-bond acceptors (Lipinski definition) is 4. The quantitative estimate of drug-likeness (QED) is 0.702. The first-order valence-corrected chi connectivity index (χ1v) is 10.0. The van der Waals surface area contributed by atoms with Crippen LogP contribution >= 0.6 is 0 Å². The Bertz CT molecular complexity index is 803. The molecule has 0 unspecified atom stereocenters. The molecule has 0 saturated heterocycles. The van der Waals surface area contributed by atoms with Gasteiger partial charge in [0.05, 0.1) is 12.3 Å². The van der Waals surface area contributed by atoms with Crippen LogP contribution in [0.1, 0.15) is 50.7 Å². The second-order valence-corrected chi connectivity index (χ2v) is 8.00. The lowest BCUT2D eigenvalue weighted by atomic mass is 9.98. The highest BCUT2D eigenvalue weighted by atomic mass is 32.2. The molecule has 1 aromatic carbocycles. The smallest absolute Gasteiger partial charge is 0.265 e. The van der Waals surface area contributed by atoms with Crippen LogP contribution in [0.25, 0.3) is 0 Å². The van der Waals surface area contributed by atoms with Gasteiger partial charge in [-0.3, -0.25) is 9.71 Å². The van der Waals surface area contributed by atoms with E-state index < -0.39 is 10.0 Å². The van der Waals surface area contributed by atoms with Crippen molar-refractivity contribution in [2.75, 3.05) is 11.3 Å². The van der Waals surface area contributed by atoms with Crippen LogP contribution in [-0.2, 0) is 10.0 Å². The van der Waals surface area contributed by atoms with Crippen molar-refractivity contribution in [2.24, 2.45) is 0 Å². The van der Waals surface area contributed by atoms with E-state index in [4.69, 9.17) is 4.74 Å². The third-order valence-corrected chi connectivity index (χ3v) is 5.33. The highest BCUT2D eigenvalue weighted by Crippen LogP contribution is 2.32. The van der Waals surface area contributed by atoms with Crippen molar-refractivity contribution < 1.29 is 13.2 Å². The van der Waals surface area contributed by atoms with Gasteiger partial charge in [-0.25, -0.2) is 8.42 Å². The summed E-state index contributed by atoms with van der Waals surface area (Å²) in [5.41, 5.74) is 2.50. The van der Waals surface area contributed by atoms with Crippen molar-refractivity contribution in [2.45, 2.75) is 51.3 Å². The van der Waals surface area contributed by atoms with Crippen molar-refractivity contribution in [3.8, 4) is 5.75 Å². The van der Waals surface area contributed by atoms with E-state index in [1.807, 2.05) is 26.8 Å². The molecule has 1 aromatic heterocycles. The second-order valence-electron chi connectivity index (χ2n) is 6.35. The minimum absolute atomic E-state index is 0.176. The van der Waals surface area contributed by atoms with E-state index in [1.165, 1.54) is 0 Å². The molecule has 2 rings (SSSR count). The van der Waals surface area contributed by atoms with Gasteiger partial charge >= 0.3 is 0 Å². The summed E-state index contributed by atoms with van der Waals surface area (Å²) >= 11 is 0. The lowest BCUT2D eigenvalue weighted by Gasteiger charge is -2.18. The van der Waals surface area contributed by atoms with E-state index in [0.29, 0.717) is 18.0 Å². The standard InChI is InChI=1S/C19H26N2O3S/c1-5-6-11-24-18-12-15(4)17(14(2)3)13-19(18)25(22,23)21-16-7-9-20-10-8-16/h7-10,12-14H,5-6,11H2,1-4H3,(H,20,21). The molecule has 0 aliphatic rings. The number of aromatic nitrogens is 1. The number of hydrogen-bond donors (Lipinski definition) is 1. The Morgan fingerprint density at radius 1 is 1.20 bits per heavy atom. The molecule has 136 valence electrons. The zero-order valence-corrected chi connectivity index (χ0v) is 16.1. The normalized spacial score (nSPS) is 11.6. The number of unbranched alkanes of at least 4 members (excludes halogenated alkanes) is 1. The predicted octanol–water partition coefficient (Wildman–Crippen LogP) is 4.49. The summed E-state index contributed by atoms with van der Waals surface area (Å²) in [4.78, 5) is 4.08. The number of benzene rings is 1. The summed E-state index contributed by atoms with van der Waals surface area (Å²) in [7, 11) is -3.76. The van der Waals surface area contributed by atoms with Gasteiger partial charge in [0.1, 0.15) is 10.6 Å². The molecule has 5 nitrogen and oxygen atoms in total. The van der Waals surface area contributed by atoms with Crippen molar-refractivity contribution in [1.29, 1.82) is 0 Å². The van der Waals surface area contributed by atoms with Crippen LogP contribution in [0.15, 0.2) is 41.6 Å². The zero-order valence-electron chi connectivity index (χ0n) is 15.2. The Morgan fingerprint density at radius 2 is 1.88 bits per heavy atom. The van der Waals surface area contributed by atoms with Gasteiger partial charge in [-0.05, 0) is 54.7 Å². The maximum Gasteiger partial charge on any atom is 0.265 e. The van der Waals surface area contributed by atoms with Crippen LogP contribution < -0.4 is 9.46 Å². The summed E-state index contributed by atoms with van der Waals surface area (Å²) < 4.78 is 34.2. The predicted molar refractivity (Wildman–Crippen MR) is 101 cm³/mol. The molecule has 6 heteroatoms. The topological polar surface area (TPSA) is 68.3 Å². The molecule has 0 amide bonds. The van der Waals surface area contributed by atoms with Crippen molar-refractivity contribution >= 4 is 15.7 Å². The van der Waals surface area contributed by atoms with Gasteiger partial charge in [-0.15, -0.1) is 0 Å². The van der Waals surface area contributed by atoms with Crippen molar-refractivity contribution in [3.05, 3.63) is 47.8 Å². The van der Waals surface area contributed by atoms with Crippen LogP contribution in [0.4, 0.5) is 5.69 Å². The fourth-order valence-corrected chi connectivity index (χ4v) is 3.80. The van der Waals surface area contributed by atoms with Gasteiger partial charge in [0.2, 0.25) is 0 Å². The van der Waals surface area contributed by atoms with E-state index >= 15 is 0 Å². The Balaban J connectivity index is 2.45. The minimum atomic E-state index is -3.76. The maximum atomic E-state index is 12.9. The van der Waals surface area contributed by atoms with Gasteiger partial charge in [0.25, 0.3) is 10.0 Å². The third kappa shape index (κ3) is 4.95. The summed E-state index contributed by atoms with van der Waals surface area (Å²) in [6.07, 6.45) is 4.96. The van der Waals surface area contributed by atoms with Crippen LogP contribution in [0.2, 0.25) is 0 Å². The average molecular weight is 362 g/mol. The Morgan fingerprint density at radius 3 is 2.48 bits per heavy atom. The molecule has 0 atom stereocenters. The molecule has 0 aliphatic carbocycles. The summed E-state index contributed by atoms with van der Waals surface area (Å²) in [5, 5.41) is 0. The number of ether oxygens (including phenoxy) is 1. The molecule has 1 N–H and O–H groups in total. The molecule has 1 heterocycles. The average Bonchev–Trinajstić information content (AvgIpc) is 2.55. The van der Waals surface area contributed by atoms with Gasteiger partial charge in [-0.1, -0.05) is 27.2 Å². The molecule has 0 saturated carbocycles. The second kappa shape index (κ2) is 8.34. The largest absolute Gasteiger partial charge is 0.492 e. The SMILES string of the molecule is CCCCOc1cc(C)c(C(C)C)cc1S(=O)(=O)Nc1ccncc1. The highest BCUT2D eigenvalue weighted by molar-refractivity contribution is 7.92. The van der Waals surface area contributed by atoms with E-state index in [1.54, 1.807) is 30.6 Å². The van der Waals surface area contributed by atoms with Gasteiger partial charge in [0, 0.05) is 12.4 Å². The molecule has 0 aliphatic heterocycles. The van der Waals surface area contributed by atoms with Gasteiger partial charge < -0.3 is 4.74 Å². The van der Waals surface area contributed by atoms with Crippen molar-refractivity contribution in [3.63, 3.8) is 0 Å². The molecule has 2 aromatic rings. The number of nitrogens with zero attached hydrogens (tertiary/aromatic N) is 1. The van der Waals surface area contributed by atoms with E-state index in [-0.39, 0.29) is 10.8 Å². The molecule has 0 spiro atoms. The number of sulfonamides is 1. The van der Waals surface area contributed by atoms with Crippen LogP contribution in [0.3, 0.4) is 0 Å². The first-order valence-electron chi connectivity index (χ1n) is 8.55. The fraction of sp³-hybridized carbons (Fsp3) is 0.421. The van der Waals surface area contributed by atoms with Crippen LogP contribution in [0.5, 0.6) is 5.75 Å². The van der Waals surface area contributed by atoms with E-state index in [0.717, 1.165) is 24.0 Å². The number of rotatable bonds is 8. The Kier molecular flexibility index (Phi) is 6.42. The van der Waals surface area contributed by atoms with E-state index in [2.05, 4.69) is 16.6 Å². The number of pyridine rings is 1. The number of nitrogens with one attached hydrogen (secondary N) is 1. The molecule has 25 heavy (non-hydrogen) atoms. The molecule has 0 radical (unpaired) electrons. The molecule has 0 fully saturated rings. The molecular formula is C19H26N2O3S. The van der Waals surface area contributed by atoms with Crippen molar-refractivity contribution in [1.82, 2.24) is 4.98 Å². The monoisotopic (exact) mass is 362 g/mol. The van der Waals surface area contributed by atoms with Gasteiger partial charge in [0.15, 0.2) is 0 Å².